The predicted octanol–water partition coefficient (Wildman–Crippen LogP) is 1.25. The van der Waals surface area contributed by atoms with Crippen LogP contribution in [-0.4, -0.2) is 26.4 Å². The van der Waals surface area contributed by atoms with Gasteiger partial charge in [0.1, 0.15) is 11.5 Å². The van der Waals surface area contributed by atoms with Crippen LogP contribution in [0, 0.1) is 10.1 Å². The van der Waals surface area contributed by atoms with E-state index in [1.807, 2.05) is 24.9 Å². The van der Waals surface area contributed by atoms with E-state index in [-0.39, 0.29) is 5.69 Å². The fourth-order valence-electron chi connectivity index (χ4n) is 2.11. The molecule has 0 fully saturated rings. The molecule has 0 spiro atoms. The third-order valence-corrected chi connectivity index (χ3v) is 3.20. The quantitative estimate of drug-likeness (QED) is 0.471. The van der Waals surface area contributed by atoms with Gasteiger partial charge in [0.25, 0.3) is 5.69 Å². The molecule has 0 unspecified atom stereocenters. The number of benzene rings is 1. The van der Waals surface area contributed by atoms with Crippen molar-refractivity contribution in [1.82, 2.24) is 14.5 Å². The van der Waals surface area contributed by atoms with Gasteiger partial charge in [-0.15, -0.1) is 0 Å². The van der Waals surface area contributed by atoms with Crippen molar-refractivity contribution in [1.29, 1.82) is 0 Å². The van der Waals surface area contributed by atoms with E-state index < -0.39 is 4.92 Å². The van der Waals surface area contributed by atoms with Crippen molar-refractivity contribution in [3.8, 4) is 0 Å². The number of hydrazine groups is 1. The molecule has 1 aromatic heterocycles. The Bertz CT molecular complexity index is 639. The molecular weight excluding hydrogens is 272 g/mol. The number of nitro benzene ring substituents is 1. The summed E-state index contributed by atoms with van der Waals surface area (Å²) in [4.78, 5) is 16.7. The van der Waals surface area contributed by atoms with E-state index in [1.54, 1.807) is 18.3 Å². The van der Waals surface area contributed by atoms with E-state index in [0.29, 0.717) is 18.8 Å². The first kappa shape index (κ1) is 14.9. The number of nitrogens with one attached hydrogen (secondary N) is 1. The van der Waals surface area contributed by atoms with Crippen LogP contribution in [0.5, 0.6) is 0 Å². The Morgan fingerprint density at radius 2 is 2.24 bits per heavy atom. The molecule has 0 aliphatic rings. The number of nitrogens with zero attached hydrogens (tertiary/aromatic N) is 4. The van der Waals surface area contributed by atoms with Crippen LogP contribution in [-0.2, 0) is 20.1 Å². The number of nitro groups is 1. The fourth-order valence-corrected chi connectivity index (χ4v) is 2.11. The van der Waals surface area contributed by atoms with E-state index in [4.69, 9.17) is 5.84 Å². The molecule has 112 valence electrons. The van der Waals surface area contributed by atoms with Gasteiger partial charge in [-0.25, -0.2) is 4.98 Å². The lowest BCUT2D eigenvalue weighted by Crippen LogP contribution is -2.20. The van der Waals surface area contributed by atoms with E-state index >= 15 is 0 Å². The second-order valence-electron chi connectivity index (χ2n) is 4.88. The van der Waals surface area contributed by atoms with Gasteiger partial charge in [0.2, 0.25) is 0 Å². The number of aromatic nitrogens is 2. The van der Waals surface area contributed by atoms with E-state index in [0.717, 1.165) is 11.4 Å². The summed E-state index contributed by atoms with van der Waals surface area (Å²) in [6.07, 6.45) is 3.65. The Kier molecular flexibility index (Phi) is 4.51. The molecule has 0 saturated carbocycles. The average Bonchev–Trinajstić information content (AvgIpc) is 2.83. The Balaban J connectivity index is 2.09. The highest BCUT2D eigenvalue weighted by molar-refractivity contribution is 5.62. The molecule has 1 heterocycles. The average molecular weight is 290 g/mol. The number of hydrogen-bond donors (Lipinski definition) is 2. The lowest BCUT2D eigenvalue weighted by Gasteiger charge is -2.17. The minimum Gasteiger partial charge on any atom is -0.337 e. The second-order valence-corrected chi connectivity index (χ2v) is 4.88. The van der Waals surface area contributed by atoms with Crippen LogP contribution in [0.15, 0.2) is 30.6 Å². The molecule has 3 N–H and O–H groups in total. The first-order chi connectivity index (χ1) is 10.0. The molecule has 0 radical (unpaired) electrons. The van der Waals surface area contributed by atoms with Crippen LogP contribution in [0.1, 0.15) is 11.4 Å². The summed E-state index contributed by atoms with van der Waals surface area (Å²) in [6.45, 7) is 1.32. The molecular formula is C13H18N6O2. The maximum absolute atomic E-state index is 10.9. The number of nitrogens with two attached hydrogens (primary N) is 1. The van der Waals surface area contributed by atoms with Crippen molar-refractivity contribution in [3.63, 3.8) is 0 Å². The molecule has 8 nitrogen and oxygen atoms in total. The molecule has 2 rings (SSSR count). The summed E-state index contributed by atoms with van der Waals surface area (Å²) in [5.74, 6) is 6.29. The molecule has 0 bridgehead atoms. The van der Waals surface area contributed by atoms with Crippen molar-refractivity contribution in [3.05, 3.63) is 52.1 Å². The highest BCUT2D eigenvalue weighted by Crippen LogP contribution is 2.25. The van der Waals surface area contributed by atoms with E-state index in [1.165, 1.54) is 6.07 Å². The maximum Gasteiger partial charge on any atom is 0.293 e. The van der Waals surface area contributed by atoms with Crippen LogP contribution in [0.25, 0.3) is 0 Å². The molecule has 0 saturated heterocycles. The van der Waals surface area contributed by atoms with Gasteiger partial charge in [0.05, 0.1) is 11.5 Å². The van der Waals surface area contributed by atoms with Gasteiger partial charge < -0.3 is 9.99 Å². The number of anilines is 1. The predicted molar refractivity (Wildman–Crippen MR) is 79.3 cm³/mol. The summed E-state index contributed by atoms with van der Waals surface area (Å²) < 4.78 is 1.96. The van der Waals surface area contributed by atoms with Gasteiger partial charge in [-0.2, -0.15) is 0 Å². The zero-order valence-corrected chi connectivity index (χ0v) is 12.0. The molecule has 0 aliphatic heterocycles. The topological polar surface area (TPSA) is 102 Å². The Morgan fingerprint density at radius 3 is 2.81 bits per heavy atom. The third-order valence-electron chi connectivity index (χ3n) is 3.20. The largest absolute Gasteiger partial charge is 0.337 e. The number of imidazole rings is 1. The summed E-state index contributed by atoms with van der Waals surface area (Å²) in [6, 6.07) is 4.88. The molecule has 1 aromatic carbocycles. The lowest BCUT2D eigenvalue weighted by atomic mass is 10.1. The minimum absolute atomic E-state index is 0.0343. The number of aryl methyl sites for hydroxylation is 1. The van der Waals surface area contributed by atoms with Crippen LogP contribution < -0.4 is 11.3 Å². The highest BCUT2D eigenvalue weighted by atomic mass is 16.6. The smallest absolute Gasteiger partial charge is 0.293 e. The standard InChI is InChI=1S/C13H18N6O2/c1-17(9-13-15-5-6-18(13)2)8-10-3-4-12(19(20)21)11(7-10)16-14/h3-7,16H,8-9,14H2,1-2H3. The van der Waals surface area contributed by atoms with E-state index in [2.05, 4.69) is 15.3 Å². The van der Waals surface area contributed by atoms with Crippen LogP contribution in [0.4, 0.5) is 11.4 Å². The van der Waals surface area contributed by atoms with Gasteiger partial charge in [0, 0.05) is 32.1 Å². The Morgan fingerprint density at radius 1 is 1.48 bits per heavy atom. The second kappa shape index (κ2) is 6.33. The molecule has 0 atom stereocenters. The summed E-state index contributed by atoms with van der Waals surface area (Å²) >= 11 is 0. The van der Waals surface area contributed by atoms with E-state index in [9.17, 15) is 10.1 Å². The van der Waals surface area contributed by atoms with Crippen molar-refractivity contribution in [2.75, 3.05) is 12.5 Å². The van der Waals surface area contributed by atoms with Crippen molar-refractivity contribution in [2.24, 2.45) is 12.9 Å². The maximum atomic E-state index is 10.9. The van der Waals surface area contributed by atoms with Crippen molar-refractivity contribution < 1.29 is 4.92 Å². The van der Waals surface area contributed by atoms with Crippen molar-refractivity contribution >= 4 is 11.4 Å². The summed E-state index contributed by atoms with van der Waals surface area (Å²) in [5, 5.41) is 10.9. The highest BCUT2D eigenvalue weighted by Gasteiger charge is 2.14. The molecule has 0 aliphatic carbocycles. The zero-order chi connectivity index (χ0) is 15.4. The molecule has 0 amide bonds. The lowest BCUT2D eigenvalue weighted by molar-refractivity contribution is -0.384. The third kappa shape index (κ3) is 3.56. The zero-order valence-electron chi connectivity index (χ0n) is 12.0. The number of hydrogen-bond acceptors (Lipinski definition) is 6. The van der Waals surface area contributed by atoms with Crippen LogP contribution in [0.2, 0.25) is 0 Å². The number of nitrogen functional groups attached to an aromatic ring is 1. The Labute approximate surface area is 122 Å². The SMILES string of the molecule is CN(Cc1ccc([N+](=O)[O-])c(NN)c1)Cc1nccn1C. The molecule has 21 heavy (non-hydrogen) atoms. The van der Waals surface area contributed by atoms with Gasteiger partial charge in [0.15, 0.2) is 0 Å². The van der Waals surface area contributed by atoms with Crippen LogP contribution >= 0.6 is 0 Å². The number of rotatable bonds is 6. The van der Waals surface area contributed by atoms with Crippen molar-refractivity contribution in [2.45, 2.75) is 13.1 Å². The minimum atomic E-state index is -0.462. The Hall–Kier alpha value is -2.45. The molecule has 2 aromatic rings. The summed E-state index contributed by atoms with van der Waals surface area (Å²) in [7, 11) is 3.91. The monoisotopic (exact) mass is 290 g/mol. The van der Waals surface area contributed by atoms with Gasteiger partial charge in [-0.3, -0.25) is 20.9 Å². The molecule has 8 heteroatoms. The normalized spacial score (nSPS) is 10.9. The summed E-state index contributed by atoms with van der Waals surface area (Å²) in [5.41, 5.74) is 3.58. The van der Waals surface area contributed by atoms with Gasteiger partial charge in [-0.1, -0.05) is 6.07 Å². The fraction of sp³-hybridized carbons (Fsp3) is 0.308. The van der Waals surface area contributed by atoms with Crippen LogP contribution in [0.3, 0.4) is 0 Å². The first-order valence-corrected chi connectivity index (χ1v) is 6.40. The van der Waals surface area contributed by atoms with Gasteiger partial charge in [-0.05, 0) is 18.7 Å². The first-order valence-electron chi connectivity index (χ1n) is 6.40. The van der Waals surface area contributed by atoms with Gasteiger partial charge >= 0.3 is 0 Å².